The van der Waals surface area contributed by atoms with Crippen molar-refractivity contribution in [1.82, 2.24) is 0 Å². The molecule has 0 radical (unpaired) electrons. The first-order chi connectivity index (χ1) is 9.22. The van der Waals surface area contributed by atoms with Crippen LogP contribution in [-0.2, 0) is 4.74 Å². The zero-order valence-electron chi connectivity index (χ0n) is 10.9. The van der Waals surface area contributed by atoms with E-state index in [2.05, 4.69) is 0 Å². The van der Waals surface area contributed by atoms with Crippen LogP contribution in [0.4, 0.5) is 11.4 Å². The Labute approximate surface area is 112 Å². The van der Waals surface area contributed by atoms with Gasteiger partial charge in [0, 0.05) is 12.7 Å². The maximum Gasteiger partial charge on any atom is 0.127 e. The zero-order chi connectivity index (χ0) is 13.7. The molecule has 0 bridgehead atoms. The summed E-state index contributed by atoms with van der Waals surface area (Å²) in [6.07, 6.45) is 0. The predicted octanol–water partition coefficient (Wildman–Crippen LogP) is 2.54. The van der Waals surface area contributed by atoms with Crippen LogP contribution in [0.3, 0.4) is 0 Å². The molecule has 2 rings (SSSR count). The number of anilines is 2. The average molecular weight is 258 g/mol. The highest BCUT2D eigenvalue weighted by molar-refractivity contribution is 5.77. The summed E-state index contributed by atoms with van der Waals surface area (Å²) in [5.41, 5.74) is 14.7. The molecule has 0 aliphatic rings. The smallest absolute Gasteiger partial charge is 0.127 e. The SMILES string of the molecule is COCCOc1ccccc1-c1ccc(N)c(N)c1. The number of para-hydroxylation sites is 1. The first-order valence-corrected chi connectivity index (χ1v) is 6.08. The third-order valence-electron chi connectivity index (χ3n) is 2.83. The van der Waals surface area contributed by atoms with Crippen molar-refractivity contribution in [2.75, 3.05) is 31.8 Å². The number of nitrogen functional groups attached to an aromatic ring is 2. The molecule has 4 heteroatoms. The minimum absolute atomic E-state index is 0.512. The molecule has 0 heterocycles. The number of methoxy groups -OCH3 is 1. The van der Waals surface area contributed by atoms with Crippen molar-refractivity contribution in [3.8, 4) is 16.9 Å². The summed E-state index contributed by atoms with van der Waals surface area (Å²) < 4.78 is 10.7. The van der Waals surface area contributed by atoms with Crippen molar-refractivity contribution in [3.63, 3.8) is 0 Å². The molecule has 0 saturated carbocycles. The molecule has 100 valence electrons. The Morgan fingerprint density at radius 3 is 2.47 bits per heavy atom. The lowest BCUT2D eigenvalue weighted by molar-refractivity contribution is 0.146. The summed E-state index contributed by atoms with van der Waals surface area (Å²) in [5, 5.41) is 0. The molecular weight excluding hydrogens is 240 g/mol. The number of ether oxygens (including phenoxy) is 2. The van der Waals surface area contributed by atoms with E-state index >= 15 is 0 Å². The van der Waals surface area contributed by atoms with E-state index in [-0.39, 0.29) is 0 Å². The van der Waals surface area contributed by atoms with Crippen molar-refractivity contribution >= 4 is 11.4 Å². The van der Waals surface area contributed by atoms with Gasteiger partial charge in [-0.05, 0) is 23.8 Å². The van der Waals surface area contributed by atoms with Crippen LogP contribution in [0.1, 0.15) is 0 Å². The standard InChI is InChI=1S/C15H18N2O2/c1-18-8-9-19-15-5-3-2-4-12(15)11-6-7-13(16)14(17)10-11/h2-7,10H,8-9,16-17H2,1H3. The Hall–Kier alpha value is -2.20. The van der Waals surface area contributed by atoms with E-state index in [0.29, 0.717) is 24.6 Å². The molecule has 0 unspecified atom stereocenters. The van der Waals surface area contributed by atoms with E-state index in [1.807, 2.05) is 36.4 Å². The van der Waals surface area contributed by atoms with E-state index < -0.39 is 0 Å². The second kappa shape index (κ2) is 6.11. The van der Waals surface area contributed by atoms with Gasteiger partial charge in [0.2, 0.25) is 0 Å². The van der Waals surface area contributed by atoms with E-state index in [1.165, 1.54) is 0 Å². The summed E-state index contributed by atoms with van der Waals surface area (Å²) in [6.45, 7) is 1.07. The molecule has 0 aliphatic carbocycles. The van der Waals surface area contributed by atoms with Gasteiger partial charge in [0.15, 0.2) is 0 Å². The molecule has 4 nitrogen and oxygen atoms in total. The van der Waals surface area contributed by atoms with Crippen molar-refractivity contribution in [2.45, 2.75) is 0 Å². The van der Waals surface area contributed by atoms with Gasteiger partial charge < -0.3 is 20.9 Å². The Bertz CT molecular complexity index is 556. The third kappa shape index (κ3) is 3.17. The second-order valence-corrected chi connectivity index (χ2v) is 4.18. The van der Waals surface area contributed by atoms with Crippen LogP contribution in [0.2, 0.25) is 0 Å². The van der Waals surface area contributed by atoms with Crippen molar-refractivity contribution in [1.29, 1.82) is 0 Å². The lowest BCUT2D eigenvalue weighted by atomic mass is 10.0. The summed E-state index contributed by atoms with van der Waals surface area (Å²) in [4.78, 5) is 0. The van der Waals surface area contributed by atoms with Crippen LogP contribution in [0, 0.1) is 0 Å². The Morgan fingerprint density at radius 2 is 1.74 bits per heavy atom. The monoisotopic (exact) mass is 258 g/mol. The number of benzene rings is 2. The highest BCUT2D eigenvalue weighted by Gasteiger charge is 2.07. The van der Waals surface area contributed by atoms with Crippen LogP contribution in [0.15, 0.2) is 42.5 Å². The fraction of sp³-hybridized carbons (Fsp3) is 0.200. The summed E-state index contributed by atoms with van der Waals surface area (Å²) in [5.74, 6) is 0.809. The second-order valence-electron chi connectivity index (χ2n) is 4.18. The lowest BCUT2D eigenvalue weighted by Gasteiger charge is -2.12. The zero-order valence-corrected chi connectivity index (χ0v) is 10.9. The topological polar surface area (TPSA) is 70.5 Å². The number of nitrogens with two attached hydrogens (primary N) is 2. The molecule has 0 fully saturated rings. The van der Waals surface area contributed by atoms with Crippen LogP contribution in [0.25, 0.3) is 11.1 Å². The largest absolute Gasteiger partial charge is 0.491 e. The van der Waals surface area contributed by atoms with Gasteiger partial charge in [-0.2, -0.15) is 0 Å². The lowest BCUT2D eigenvalue weighted by Crippen LogP contribution is -2.05. The van der Waals surface area contributed by atoms with E-state index in [0.717, 1.165) is 16.9 Å². The minimum Gasteiger partial charge on any atom is -0.491 e. The molecule has 0 aromatic heterocycles. The molecule has 0 atom stereocenters. The van der Waals surface area contributed by atoms with E-state index in [1.54, 1.807) is 13.2 Å². The minimum atomic E-state index is 0.512. The van der Waals surface area contributed by atoms with Gasteiger partial charge in [-0.3, -0.25) is 0 Å². The van der Waals surface area contributed by atoms with E-state index in [9.17, 15) is 0 Å². The molecule has 0 spiro atoms. The van der Waals surface area contributed by atoms with Crippen LogP contribution in [0.5, 0.6) is 5.75 Å². The normalized spacial score (nSPS) is 10.4. The molecule has 19 heavy (non-hydrogen) atoms. The third-order valence-corrected chi connectivity index (χ3v) is 2.83. The van der Waals surface area contributed by atoms with Crippen molar-refractivity contribution in [3.05, 3.63) is 42.5 Å². The van der Waals surface area contributed by atoms with Gasteiger partial charge in [0.05, 0.1) is 18.0 Å². The average Bonchev–Trinajstić information content (AvgIpc) is 2.43. The summed E-state index contributed by atoms with van der Waals surface area (Å²) in [6, 6.07) is 13.4. The predicted molar refractivity (Wildman–Crippen MR) is 78.1 cm³/mol. The fourth-order valence-corrected chi connectivity index (χ4v) is 1.81. The molecule has 2 aromatic rings. The highest BCUT2D eigenvalue weighted by atomic mass is 16.5. The van der Waals surface area contributed by atoms with Gasteiger partial charge in [0.25, 0.3) is 0 Å². The van der Waals surface area contributed by atoms with Gasteiger partial charge in [-0.15, -0.1) is 0 Å². The van der Waals surface area contributed by atoms with Crippen LogP contribution in [-0.4, -0.2) is 20.3 Å². The van der Waals surface area contributed by atoms with Gasteiger partial charge >= 0.3 is 0 Å². The van der Waals surface area contributed by atoms with Crippen molar-refractivity contribution < 1.29 is 9.47 Å². The maximum absolute atomic E-state index is 5.84. The highest BCUT2D eigenvalue weighted by Crippen LogP contribution is 2.32. The van der Waals surface area contributed by atoms with E-state index in [4.69, 9.17) is 20.9 Å². The van der Waals surface area contributed by atoms with Crippen molar-refractivity contribution in [2.24, 2.45) is 0 Å². The quantitative estimate of drug-likeness (QED) is 0.638. The fourth-order valence-electron chi connectivity index (χ4n) is 1.81. The first-order valence-electron chi connectivity index (χ1n) is 6.08. The molecule has 0 amide bonds. The maximum atomic E-state index is 5.84. The van der Waals surface area contributed by atoms with Gasteiger partial charge in [0.1, 0.15) is 12.4 Å². The number of hydrogen-bond donors (Lipinski definition) is 2. The molecule has 0 saturated heterocycles. The molecule has 2 aromatic carbocycles. The van der Waals surface area contributed by atoms with Crippen LogP contribution >= 0.6 is 0 Å². The summed E-state index contributed by atoms with van der Waals surface area (Å²) in [7, 11) is 1.65. The molecular formula is C15H18N2O2. The number of rotatable bonds is 5. The Balaban J connectivity index is 2.30. The molecule has 0 aliphatic heterocycles. The Kier molecular flexibility index (Phi) is 4.26. The number of hydrogen-bond acceptors (Lipinski definition) is 4. The first kappa shape index (κ1) is 13.2. The molecule has 4 N–H and O–H groups in total. The van der Waals surface area contributed by atoms with Gasteiger partial charge in [-0.1, -0.05) is 24.3 Å². The van der Waals surface area contributed by atoms with Gasteiger partial charge in [-0.25, -0.2) is 0 Å². The van der Waals surface area contributed by atoms with Crippen LogP contribution < -0.4 is 16.2 Å². The summed E-state index contributed by atoms with van der Waals surface area (Å²) >= 11 is 0. The Morgan fingerprint density at radius 1 is 0.947 bits per heavy atom.